The lowest BCUT2D eigenvalue weighted by molar-refractivity contribution is 0.280. The molecule has 0 aliphatic rings. The highest BCUT2D eigenvalue weighted by atomic mass is 16.5. The van der Waals surface area contributed by atoms with E-state index in [2.05, 4.69) is 31.2 Å². The Balaban J connectivity index is 2.13. The standard InChI is InChI=1S/C17H20O2/c1-12-4-6-15(7-5-12)11-19-17-13(2)8-16(10-18)9-14(17)3/h4-9,18H,10-11H2,1-3H3. The molecule has 2 aromatic rings. The van der Waals surface area contributed by atoms with Gasteiger partial charge in [0.15, 0.2) is 0 Å². The molecule has 2 heteroatoms. The van der Waals surface area contributed by atoms with E-state index >= 15 is 0 Å². The summed E-state index contributed by atoms with van der Waals surface area (Å²) in [5, 5.41) is 9.17. The largest absolute Gasteiger partial charge is 0.488 e. The van der Waals surface area contributed by atoms with E-state index < -0.39 is 0 Å². The third kappa shape index (κ3) is 3.36. The maximum atomic E-state index is 9.17. The molecule has 2 aromatic carbocycles. The van der Waals surface area contributed by atoms with Gasteiger partial charge in [0, 0.05) is 0 Å². The fraction of sp³-hybridized carbons (Fsp3) is 0.294. The second-order valence-corrected chi connectivity index (χ2v) is 4.99. The van der Waals surface area contributed by atoms with Crippen molar-refractivity contribution >= 4 is 0 Å². The Morgan fingerprint density at radius 1 is 0.895 bits per heavy atom. The molecule has 0 heterocycles. The molecule has 0 saturated carbocycles. The average molecular weight is 256 g/mol. The predicted octanol–water partition coefficient (Wildman–Crippen LogP) is 3.68. The molecule has 19 heavy (non-hydrogen) atoms. The van der Waals surface area contributed by atoms with E-state index in [1.807, 2.05) is 26.0 Å². The van der Waals surface area contributed by atoms with E-state index in [4.69, 9.17) is 4.74 Å². The highest BCUT2D eigenvalue weighted by Gasteiger charge is 2.06. The topological polar surface area (TPSA) is 29.5 Å². The van der Waals surface area contributed by atoms with Gasteiger partial charge in [0.25, 0.3) is 0 Å². The van der Waals surface area contributed by atoms with Gasteiger partial charge in [-0.2, -0.15) is 0 Å². The van der Waals surface area contributed by atoms with Crippen molar-refractivity contribution in [1.29, 1.82) is 0 Å². The lowest BCUT2D eigenvalue weighted by Gasteiger charge is -2.13. The minimum atomic E-state index is 0.0694. The second-order valence-electron chi connectivity index (χ2n) is 4.99. The molecule has 0 aromatic heterocycles. The zero-order valence-electron chi connectivity index (χ0n) is 11.7. The van der Waals surface area contributed by atoms with Crippen molar-refractivity contribution in [2.24, 2.45) is 0 Å². The smallest absolute Gasteiger partial charge is 0.125 e. The second kappa shape index (κ2) is 5.89. The van der Waals surface area contributed by atoms with Gasteiger partial charge in [0.1, 0.15) is 12.4 Å². The van der Waals surface area contributed by atoms with Gasteiger partial charge in [-0.05, 0) is 43.0 Å². The van der Waals surface area contributed by atoms with Crippen molar-refractivity contribution in [3.05, 3.63) is 64.2 Å². The summed E-state index contributed by atoms with van der Waals surface area (Å²) in [5.41, 5.74) is 5.48. The fourth-order valence-corrected chi connectivity index (χ4v) is 2.20. The summed E-state index contributed by atoms with van der Waals surface area (Å²) in [6.07, 6.45) is 0. The van der Waals surface area contributed by atoms with Gasteiger partial charge >= 0.3 is 0 Å². The molecule has 2 rings (SSSR count). The number of benzene rings is 2. The number of hydrogen-bond acceptors (Lipinski definition) is 2. The van der Waals surface area contributed by atoms with E-state index in [1.165, 1.54) is 5.56 Å². The van der Waals surface area contributed by atoms with E-state index in [9.17, 15) is 5.11 Å². The van der Waals surface area contributed by atoms with Crippen LogP contribution in [0.25, 0.3) is 0 Å². The van der Waals surface area contributed by atoms with Crippen LogP contribution in [0.1, 0.15) is 27.8 Å². The van der Waals surface area contributed by atoms with Crippen LogP contribution in [0.15, 0.2) is 36.4 Å². The minimum absolute atomic E-state index is 0.0694. The van der Waals surface area contributed by atoms with Crippen LogP contribution in [0.4, 0.5) is 0 Å². The summed E-state index contributed by atoms with van der Waals surface area (Å²) in [6, 6.07) is 12.3. The molecular formula is C17H20O2. The van der Waals surface area contributed by atoms with Gasteiger partial charge in [-0.15, -0.1) is 0 Å². The quantitative estimate of drug-likeness (QED) is 0.904. The zero-order valence-corrected chi connectivity index (χ0v) is 11.7. The number of aliphatic hydroxyl groups is 1. The molecule has 1 N–H and O–H groups in total. The van der Waals surface area contributed by atoms with Crippen molar-refractivity contribution in [2.75, 3.05) is 0 Å². The lowest BCUT2D eigenvalue weighted by atomic mass is 10.1. The molecule has 0 saturated heterocycles. The molecule has 0 aliphatic carbocycles. The van der Waals surface area contributed by atoms with E-state index in [1.54, 1.807) is 0 Å². The number of aliphatic hydroxyl groups excluding tert-OH is 1. The van der Waals surface area contributed by atoms with Crippen molar-refractivity contribution in [2.45, 2.75) is 34.0 Å². The Morgan fingerprint density at radius 2 is 1.47 bits per heavy atom. The van der Waals surface area contributed by atoms with Crippen LogP contribution in [0.2, 0.25) is 0 Å². The first kappa shape index (κ1) is 13.6. The van der Waals surface area contributed by atoms with Crippen LogP contribution in [-0.4, -0.2) is 5.11 Å². The van der Waals surface area contributed by atoms with Crippen LogP contribution in [0.5, 0.6) is 5.75 Å². The van der Waals surface area contributed by atoms with Crippen molar-refractivity contribution < 1.29 is 9.84 Å². The van der Waals surface area contributed by atoms with Gasteiger partial charge in [0.2, 0.25) is 0 Å². The SMILES string of the molecule is Cc1ccc(COc2c(C)cc(CO)cc2C)cc1. The van der Waals surface area contributed by atoms with Crippen LogP contribution in [0, 0.1) is 20.8 Å². The monoisotopic (exact) mass is 256 g/mol. The van der Waals surface area contributed by atoms with Crippen LogP contribution < -0.4 is 4.74 Å². The first-order chi connectivity index (χ1) is 9.10. The maximum absolute atomic E-state index is 9.17. The van der Waals surface area contributed by atoms with Crippen LogP contribution in [-0.2, 0) is 13.2 Å². The van der Waals surface area contributed by atoms with Gasteiger partial charge in [-0.25, -0.2) is 0 Å². The molecular weight excluding hydrogens is 236 g/mol. The molecule has 0 unspecified atom stereocenters. The summed E-state index contributed by atoms with van der Waals surface area (Å²) in [7, 11) is 0. The molecule has 0 bridgehead atoms. The molecule has 0 atom stereocenters. The molecule has 0 spiro atoms. The Kier molecular flexibility index (Phi) is 4.23. The summed E-state index contributed by atoms with van der Waals surface area (Å²) >= 11 is 0. The lowest BCUT2D eigenvalue weighted by Crippen LogP contribution is -2.00. The van der Waals surface area contributed by atoms with E-state index in [0.717, 1.165) is 28.0 Å². The highest BCUT2D eigenvalue weighted by molar-refractivity contribution is 5.43. The number of aryl methyl sites for hydroxylation is 3. The molecule has 0 aliphatic heterocycles. The third-order valence-corrected chi connectivity index (χ3v) is 3.21. The number of ether oxygens (including phenoxy) is 1. The number of hydrogen-bond donors (Lipinski definition) is 1. The molecule has 2 nitrogen and oxygen atoms in total. The summed E-state index contributed by atoms with van der Waals surface area (Å²) in [4.78, 5) is 0. The highest BCUT2D eigenvalue weighted by Crippen LogP contribution is 2.25. The van der Waals surface area contributed by atoms with Crippen LogP contribution >= 0.6 is 0 Å². The first-order valence-electron chi connectivity index (χ1n) is 6.49. The summed E-state index contributed by atoms with van der Waals surface area (Å²) in [6.45, 7) is 6.74. The Morgan fingerprint density at radius 3 is 2.00 bits per heavy atom. The predicted molar refractivity (Wildman–Crippen MR) is 77.3 cm³/mol. The van der Waals surface area contributed by atoms with Gasteiger partial charge < -0.3 is 9.84 Å². The Hall–Kier alpha value is -1.80. The maximum Gasteiger partial charge on any atom is 0.125 e. The van der Waals surface area contributed by atoms with Crippen LogP contribution in [0.3, 0.4) is 0 Å². The fourth-order valence-electron chi connectivity index (χ4n) is 2.20. The van der Waals surface area contributed by atoms with Gasteiger partial charge in [0.05, 0.1) is 6.61 Å². The van der Waals surface area contributed by atoms with Crippen molar-refractivity contribution in [3.8, 4) is 5.75 Å². The van der Waals surface area contributed by atoms with Crippen molar-refractivity contribution in [1.82, 2.24) is 0 Å². The van der Waals surface area contributed by atoms with Gasteiger partial charge in [-0.1, -0.05) is 42.0 Å². The molecule has 0 amide bonds. The van der Waals surface area contributed by atoms with Gasteiger partial charge in [-0.3, -0.25) is 0 Å². The Bertz CT molecular complexity index is 533. The molecule has 0 radical (unpaired) electrons. The van der Waals surface area contributed by atoms with Crippen molar-refractivity contribution in [3.63, 3.8) is 0 Å². The Labute approximate surface area is 114 Å². The first-order valence-corrected chi connectivity index (χ1v) is 6.49. The summed E-state index contributed by atoms with van der Waals surface area (Å²) < 4.78 is 5.91. The van der Waals surface area contributed by atoms with E-state index in [0.29, 0.717) is 6.61 Å². The third-order valence-electron chi connectivity index (χ3n) is 3.21. The minimum Gasteiger partial charge on any atom is -0.488 e. The number of rotatable bonds is 4. The average Bonchev–Trinajstić information content (AvgIpc) is 2.39. The molecule has 0 fully saturated rings. The zero-order chi connectivity index (χ0) is 13.8. The molecule has 100 valence electrons. The normalized spacial score (nSPS) is 10.5. The van der Waals surface area contributed by atoms with E-state index in [-0.39, 0.29) is 6.61 Å². The summed E-state index contributed by atoms with van der Waals surface area (Å²) in [5.74, 6) is 0.915.